The maximum absolute atomic E-state index is 5.31. The van der Waals surface area contributed by atoms with Gasteiger partial charge >= 0.3 is 0 Å². The summed E-state index contributed by atoms with van der Waals surface area (Å²) in [6.45, 7) is 7.20. The van der Waals surface area contributed by atoms with Crippen molar-refractivity contribution in [2.45, 2.75) is 32.7 Å². The summed E-state index contributed by atoms with van der Waals surface area (Å²) in [5.41, 5.74) is 0. The van der Waals surface area contributed by atoms with Gasteiger partial charge in [0.15, 0.2) is 0 Å². The summed E-state index contributed by atoms with van der Waals surface area (Å²) in [6, 6.07) is 0.742. The van der Waals surface area contributed by atoms with Crippen LogP contribution in [0.2, 0.25) is 0 Å². The third-order valence-electron chi connectivity index (χ3n) is 2.15. The molecule has 2 nitrogen and oxygen atoms in total. The van der Waals surface area contributed by atoms with Gasteiger partial charge < -0.3 is 4.74 Å². The Morgan fingerprint density at radius 3 is 2.90 bits per heavy atom. The molecule has 0 amide bonds. The van der Waals surface area contributed by atoms with E-state index in [1.807, 2.05) is 6.92 Å². The van der Waals surface area contributed by atoms with Crippen LogP contribution in [0.3, 0.4) is 0 Å². The minimum atomic E-state index is 0.742. The van der Waals surface area contributed by atoms with Crippen LogP contribution in [0, 0.1) is 0 Å². The SMILES string of the molecule is CCOCN1CCCC1C. The fourth-order valence-corrected chi connectivity index (χ4v) is 1.39. The van der Waals surface area contributed by atoms with E-state index < -0.39 is 0 Å². The van der Waals surface area contributed by atoms with E-state index in [2.05, 4.69) is 11.8 Å². The minimum Gasteiger partial charge on any atom is -0.366 e. The summed E-state index contributed by atoms with van der Waals surface area (Å²) in [5.74, 6) is 0. The minimum absolute atomic E-state index is 0.742. The first-order valence-corrected chi connectivity index (χ1v) is 4.16. The van der Waals surface area contributed by atoms with Gasteiger partial charge in [-0.2, -0.15) is 0 Å². The topological polar surface area (TPSA) is 12.5 Å². The predicted molar refractivity (Wildman–Crippen MR) is 41.9 cm³/mol. The highest BCUT2D eigenvalue weighted by molar-refractivity contribution is 4.72. The van der Waals surface area contributed by atoms with E-state index in [-0.39, 0.29) is 0 Å². The molecule has 10 heavy (non-hydrogen) atoms. The molecule has 60 valence electrons. The van der Waals surface area contributed by atoms with Gasteiger partial charge in [0.25, 0.3) is 0 Å². The highest BCUT2D eigenvalue weighted by Gasteiger charge is 2.18. The zero-order valence-electron chi connectivity index (χ0n) is 6.97. The molecule has 0 saturated carbocycles. The summed E-state index contributed by atoms with van der Waals surface area (Å²) < 4.78 is 5.31. The number of ether oxygens (including phenoxy) is 1. The Balaban J connectivity index is 2.14. The lowest BCUT2D eigenvalue weighted by molar-refractivity contribution is 0.0321. The first-order valence-electron chi connectivity index (χ1n) is 4.16. The van der Waals surface area contributed by atoms with Gasteiger partial charge in [-0.3, -0.25) is 4.90 Å². The van der Waals surface area contributed by atoms with Crippen molar-refractivity contribution in [3.05, 3.63) is 0 Å². The van der Waals surface area contributed by atoms with Crippen molar-refractivity contribution in [1.82, 2.24) is 4.90 Å². The molecule has 0 spiro atoms. The normalized spacial score (nSPS) is 27.6. The van der Waals surface area contributed by atoms with Gasteiger partial charge in [-0.25, -0.2) is 0 Å². The first-order chi connectivity index (χ1) is 4.84. The molecule has 0 aromatic heterocycles. The second-order valence-electron chi connectivity index (χ2n) is 2.93. The third kappa shape index (κ3) is 1.96. The summed E-state index contributed by atoms with van der Waals surface area (Å²) in [6.07, 6.45) is 2.68. The number of hydrogen-bond donors (Lipinski definition) is 0. The van der Waals surface area contributed by atoms with E-state index in [0.717, 1.165) is 19.4 Å². The molecule has 1 atom stereocenters. The molecule has 0 bridgehead atoms. The first kappa shape index (κ1) is 8.02. The molecule has 1 unspecified atom stereocenters. The quantitative estimate of drug-likeness (QED) is 0.593. The number of nitrogens with zero attached hydrogens (tertiary/aromatic N) is 1. The van der Waals surface area contributed by atoms with E-state index in [0.29, 0.717) is 0 Å². The second kappa shape index (κ2) is 3.94. The van der Waals surface area contributed by atoms with Crippen LogP contribution in [0.1, 0.15) is 26.7 Å². The molecule has 1 heterocycles. The van der Waals surface area contributed by atoms with E-state index in [4.69, 9.17) is 4.74 Å². The largest absolute Gasteiger partial charge is 0.366 e. The van der Waals surface area contributed by atoms with E-state index in [1.165, 1.54) is 19.4 Å². The molecule has 0 aromatic carbocycles. The van der Waals surface area contributed by atoms with Crippen molar-refractivity contribution in [1.29, 1.82) is 0 Å². The highest BCUT2D eigenvalue weighted by atomic mass is 16.5. The van der Waals surface area contributed by atoms with Crippen LogP contribution >= 0.6 is 0 Å². The lowest BCUT2D eigenvalue weighted by Crippen LogP contribution is -2.29. The molecule has 1 saturated heterocycles. The van der Waals surface area contributed by atoms with E-state index >= 15 is 0 Å². The van der Waals surface area contributed by atoms with Crippen molar-refractivity contribution in [2.75, 3.05) is 19.9 Å². The van der Waals surface area contributed by atoms with Crippen LogP contribution in [-0.4, -0.2) is 30.8 Å². The Hall–Kier alpha value is -0.0800. The predicted octanol–water partition coefficient (Wildman–Crippen LogP) is 1.46. The van der Waals surface area contributed by atoms with Gasteiger partial charge in [-0.15, -0.1) is 0 Å². The molecule has 1 aliphatic rings. The monoisotopic (exact) mass is 143 g/mol. The summed E-state index contributed by atoms with van der Waals surface area (Å²) in [5, 5.41) is 0. The average molecular weight is 143 g/mol. The number of hydrogen-bond acceptors (Lipinski definition) is 2. The fourth-order valence-electron chi connectivity index (χ4n) is 1.39. The Morgan fingerprint density at radius 1 is 1.60 bits per heavy atom. The number of likely N-dealkylation sites (tertiary alicyclic amines) is 1. The summed E-state index contributed by atoms with van der Waals surface area (Å²) >= 11 is 0. The Bertz CT molecular complexity index is 95.3. The van der Waals surface area contributed by atoms with Gasteiger partial charge in [0, 0.05) is 19.2 Å². The highest BCUT2D eigenvalue weighted by Crippen LogP contribution is 2.15. The smallest absolute Gasteiger partial charge is 0.0992 e. The van der Waals surface area contributed by atoms with Crippen molar-refractivity contribution < 1.29 is 4.74 Å². The van der Waals surface area contributed by atoms with Gasteiger partial charge in [-0.05, 0) is 26.7 Å². The second-order valence-corrected chi connectivity index (χ2v) is 2.93. The molecule has 0 aromatic rings. The molecule has 2 heteroatoms. The molecule has 0 N–H and O–H groups in total. The van der Waals surface area contributed by atoms with Gasteiger partial charge in [0.05, 0.1) is 6.73 Å². The summed E-state index contributed by atoms with van der Waals surface area (Å²) in [4.78, 5) is 2.39. The maximum atomic E-state index is 5.31. The van der Waals surface area contributed by atoms with Crippen molar-refractivity contribution in [3.8, 4) is 0 Å². The van der Waals surface area contributed by atoms with Crippen LogP contribution in [0.4, 0.5) is 0 Å². The van der Waals surface area contributed by atoms with Crippen molar-refractivity contribution in [2.24, 2.45) is 0 Å². The zero-order chi connectivity index (χ0) is 7.40. The lowest BCUT2D eigenvalue weighted by Gasteiger charge is -2.19. The molecule has 1 fully saturated rings. The lowest BCUT2D eigenvalue weighted by atomic mass is 10.2. The third-order valence-corrected chi connectivity index (χ3v) is 2.15. The molecule has 0 aliphatic carbocycles. The van der Waals surface area contributed by atoms with Gasteiger partial charge in [-0.1, -0.05) is 0 Å². The van der Waals surface area contributed by atoms with Gasteiger partial charge in [0.2, 0.25) is 0 Å². The number of rotatable bonds is 3. The molecule has 0 radical (unpaired) electrons. The van der Waals surface area contributed by atoms with E-state index in [9.17, 15) is 0 Å². The van der Waals surface area contributed by atoms with Gasteiger partial charge in [0.1, 0.15) is 0 Å². The van der Waals surface area contributed by atoms with Crippen molar-refractivity contribution >= 4 is 0 Å². The summed E-state index contributed by atoms with van der Waals surface area (Å²) in [7, 11) is 0. The van der Waals surface area contributed by atoms with Crippen LogP contribution < -0.4 is 0 Å². The Labute approximate surface area is 63.2 Å². The van der Waals surface area contributed by atoms with E-state index in [1.54, 1.807) is 0 Å². The van der Waals surface area contributed by atoms with Crippen LogP contribution in [0.15, 0.2) is 0 Å². The Morgan fingerprint density at radius 2 is 2.40 bits per heavy atom. The van der Waals surface area contributed by atoms with Crippen LogP contribution in [0.25, 0.3) is 0 Å². The standard InChI is InChI=1S/C8H17NO/c1-3-10-7-9-6-4-5-8(9)2/h8H,3-7H2,1-2H3. The average Bonchev–Trinajstić information content (AvgIpc) is 2.31. The molecule has 1 aliphatic heterocycles. The molecule has 1 rings (SSSR count). The molecular formula is C8H17NO. The van der Waals surface area contributed by atoms with Crippen molar-refractivity contribution in [3.63, 3.8) is 0 Å². The zero-order valence-corrected chi connectivity index (χ0v) is 6.97. The fraction of sp³-hybridized carbons (Fsp3) is 1.00. The van der Waals surface area contributed by atoms with Crippen LogP contribution in [-0.2, 0) is 4.74 Å². The van der Waals surface area contributed by atoms with Crippen LogP contribution in [0.5, 0.6) is 0 Å². The molecular weight excluding hydrogens is 126 g/mol. The maximum Gasteiger partial charge on any atom is 0.0992 e. The Kier molecular flexibility index (Phi) is 3.16.